The Bertz CT molecular complexity index is 1060. The Morgan fingerprint density at radius 2 is 2.29 bits per heavy atom. The van der Waals surface area contributed by atoms with E-state index in [4.69, 9.17) is 11.6 Å². The molecule has 28 heavy (non-hydrogen) atoms. The molecule has 1 aliphatic heterocycles. The predicted octanol–water partition coefficient (Wildman–Crippen LogP) is 2.96. The fraction of sp³-hybridized carbons (Fsp3) is 0.368. The number of piperidine rings is 1. The number of thiazole rings is 1. The number of pyridine rings is 1. The molecule has 0 saturated carbocycles. The molecule has 4 heterocycles. The van der Waals surface area contributed by atoms with Gasteiger partial charge in [-0.25, -0.2) is 9.97 Å². The highest BCUT2D eigenvalue weighted by atomic mass is 35.5. The van der Waals surface area contributed by atoms with Crippen molar-refractivity contribution in [2.45, 2.75) is 26.3 Å². The average Bonchev–Trinajstić information content (AvgIpc) is 3.05. The van der Waals surface area contributed by atoms with Gasteiger partial charge in [-0.05, 0) is 38.4 Å². The van der Waals surface area contributed by atoms with Gasteiger partial charge in [-0.3, -0.25) is 18.9 Å². The highest BCUT2D eigenvalue weighted by Gasteiger charge is 2.26. The summed E-state index contributed by atoms with van der Waals surface area (Å²) in [6.07, 6.45) is 3.26. The third-order valence-electron chi connectivity index (χ3n) is 4.87. The van der Waals surface area contributed by atoms with E-state index in [1.165, 1.54) is 17.5 Å². The average molecular weight is 418 g/mol. The molecule has 7 nitrogen and oxygen atoms in total. The fourth-order valence-corrected chi connectivity index (χ4v) is 4.50. The van der Waals surface area contributed by atoms with Crippen LogP contribution in [0.5, 0.6) is 0 Å². The summed E-state index contributed by atoms with van der Waals surface area (Å²) in [5.74, 6) is 0.330. The van der Waals surface area contributed by atoms with Gasteiger partial charge in [0.25, 0.3) is 5.56 Å². The Hall–Kier alpha value is -2.29. The van der Waals surface area contributed by atoms with Gasteiger partial charge in [0.1, 0.15) is 5.82 Å². The van der Waals surface area contributed by atoms with Crippen LogP contribution in [0.2, 0.25) is 5.02 Å². The summed E-state index contributed by atoms with van der Waals surface area (Å²) in [5, 5.41) is 5.32. The molecule has 4 rings (SSSR count). The number of nitrogens with one attached hydrogen (secondary N) is 1. The summed E-state index contributed by atoms with van der Waals surface area (Å²) < 4.78 is 1.62. The van der Waals surface area contributed by atoms with E-state index >= 15 is 0 Å². The lowest BCUT2D eigenvalue weighted by atomic mass is 9.97. The number of carbonyl (C=O) groups is 1. The molecule has 0 radical (unpaired) electrons. The maximum Gasteiger partial charge on any atom is 0.259 e. The van der Waals surface area contributed by atoms with Crippen LogP contribution >= 0.6 is 22.9 Å². The zero-order chi connectivity index (χ0) is 19.7. The van der Waals surface area contributed by atoms with Crippen LogP contribution in [-0.2, 0) is 11.3 Å². The first-order valence-electron chi connectivity index (χ1n) is 9.11. The number of halogens is 1. The number of aromatic nitrogens is 3. The third kappa shape index (κ3) is 4.09. The summed E-state index contributed by atoms with van der Waals surface area (Å²) in [7, 11) is 0. The Labute approximate surface area is 171 Å². The van der Waals surface area contributed by atoms with Crippen molar-refractivity contribution >= 4 is 39.6 Å². The van der Waals surface area contributed by atoms with Crippen LogP contribution in [0.3, 0.4) is 0 Å². The van der Waals surface area contributed by atoms with Gasteiger partial charge >= 0.3 is 0 Å². The van der Waals surface area contributed by atoms with Crippen molar-refractivity contribution in [1.29, 1.82) is 0 Å². The molecule has 1 N–H and O–H groups in total. The van der Waals surface area contributed by atoms with Gasteiger partial charge in [0, 0.05) is 36.4 Å². The number of anilines is 1. The number of carbonyl (C=O) groups excluding carboxylic acids is 1. The molecular weight excluding hydrogens is 398 g/mol. The second kappa shape index (κ2) is 7.98. The fourth-order valence-electron chi connectivity index (χ4n) is 3.50. The first kappa shape index (κ1) is 19.0. The van der Waals surface area contributed by atoms with E-state index < -0.39 is 0 Å². The maximum absolute atomic E-state index is 12.6. The second-order valence-electron chi connectivity index (χ2n) is 7.01. The van der Waals surface area contributed by atoms with Gasteiger partial charge in [-0.1, -0.05) is 11.6 Å². The van der Waals surface area contributed by atoms with Gasteiger partial charge in [-0.15, -0.1) is 11.3 Å². The first-order chi connectivity index (χ1) is 13.5. The van der Waals surface area contributed by atoms with Crippen molar-refractivity contribution in [3.05, 3.63) is 56.5 Å². The molecule has 3 aromatic heterocycles. The molecule has 1 aliphatic rings. The van der Waals surface area contributed by atoms with Gasteiger partial charge in [-0.2, -0.15) is 0 Å². The SMILES string of the molecule is Cc1csc2nc(CN3CCCC(C(=O)Nc4ccc(Cl)cn4)C3)cc(=O)n12. The molecule has 9 heteroatoms. The maximum atomic E-state index is 12.6. The van der Waals surface area contributed by atoms with E-state index in [1.807, 2.05) is 12.3 Å². The number of hydrogen-bond donors (Lipinski definition) is 1. The number of nitrogens with zero attached hydrogens (tertiary/aromatic N) is 4. The normalized spacial score (nSPS) is 17.7. The molecule has 0 aliphatic carbocycles. The number of rotatable bonds is 4. The Morgan fingerprint density at radius 3 is 3.07 bits per heavy atom. The van der Waals surface area contributed by atoms with E-state index in [1.54, 1.807) is 22.6 Å². The molecule has 1 amide bonds. The van der Waals surface area contributed by atoms with Crippen LogP contribution in [0.1, 0.15) is 24.2 Å². The summed E-state index contributed by atoms with van der Waals surface area (Å²) in [6, 6.07) is 4.98. The van der Waals surface area contributed by atoms with Gasteiger partial charge in [0.15, 0.2) is 4.96 Å². The molecule has 3 aromatic rings. The summed E-state index contributed by atoms with van der Waals surface area (Å²) in [5.41, 5.74) is 1.58. The lowest BCUT2D eigenvalue weighted by Crippen LogP contribution is -2.40. The standard InChI is InChI=1S/C19H20ClN5O2S/c1-12-11-28-19-22-15(7-17(26)25(12)19)10-24-6-2-3-13(9-24)18(27)23-16-5-4-14(20)8-21-16/h4-5,7-8,11,13H,2-3,6,9-10H2,1H3,(H,21,23,27). The Kier molecular flexibility index (Phi) is 5.43. The second-order valence-corrected chi connectivity index (χ2v) is 8.28. The minimum Gasteiger partial charge on any atom is -0.310 e. The van der Waals surface area contributed by atoms with Crippen molar-refractivity contribution in [3.63, 3.8) is 0 Å². The molecular formula is C19H20ClN5O2S. The molecule has 1 saturated heterocycles. The Morgan fingerprint density at radius 1 is 1.43 bits per heavy atom. The minimum absolute atomic E-state index is 0.0446. The lowest BCUT2D eigenvalue weighted by molar-refractivity contribution is -0.121. The smallest absolute Gasteiger partial charge is 0.259 e. The van der Waals surface area contributed by atoms with Crippen LogP contribution in [0.25, 0.3) is 4.96 Å². The third-order valence-corrected chi connectivity index (χ3v) is 6.04. The lowest BCUT2D eigenvalue weighted by Gasteiger charge is -2.31. The van der Waals surface area contributed by atoms with Crippen molar-refractivity contribution < 1.29 is 4.79 Å². The van der Waals surface area contributed by atoms with Crippen molar-refractivity contribution in [2.75, 3.05) is 18.4 Å². The van der Waals surface area contributed by atoms with Crippen LogP contribution in [0, 0.1) is 12.8 Å². The van der Waals surface area contributed by atoms with Crippen molar-refractivity contribution in [2.24, 2.45) is 5.92 Å². The molecule has 0 bridgehead atoms. The Balaban J connectivity index is 1.43. The molecule has 1 unspecified atom stereocenters. The van der Waals surface area contributed by atoms with Crippen LogP contribution < -0.4 is 10.9 Å². The number of hydrogen-bond acceptors (Lipinski definition) is 6. The minimum atomic E-state index is -0.125. The number of fused-ring (bicyclic) bond motifs is 1. The number of amides is 1. The highest BCUT2D eigenvalue weighted by Crippen LogP contribution is 2.20. The molecule has 0 aromatic carbocycles. The first-order valence-corrected chi connectivity index (χ1v) is 10.4. The van der Waals surface area contributed by atoms with E-state index in [2.05, 4.69) is 20.2 Å². The quantitative estimate of drug-likeness (QED) is 0.706. The monoisotopic (exact) mass is 417 g/mol. The van der Waals surface area contributed by atoms with Crippen molar-refractivity contribution in [3.8, 4) is 0 Å². The van der Waals surface area contributed by atoms with E-state index in [0.29, 0.717) is 28.9 Å². The predicted molar refractivity (Wildman–Crippen MR) is 110 cm³/mol. The highest BCUT2D eigenvalue weighted by molar-refractivity contribution is 7.15. The van der Waals surface area contributed by atoms with E-state index in [0.717, 1.165) is 30.8 Å². The van der Waals surface area contributed by atoms with Crippen LogP contribution in [-0.4, -0.2) is 38.3 Å². The number of likely N-dealkylation sites (tertiary alicyclic amines) is 1. The molecule has 146 valence electrons. The van der Waals surface area contributed by atoms with Gasteiger partial charge in [0.05, 0.1) is 16.6 Å². The van der Waals surface area contributed by atoms with Crippen molar-refractivity contribution in [1.82, 2.24) is 19.3 Å². The topological polar surface area (TPSA) is 79.6 Å². The van der Waals surface area contributed by atoms with Gasteiger partial charge < -0.3 is 5.32 Å². The summed E-state index contributed by atoms with van der Waals surface area (Å²) >= 11 is 7.30. The molecule has 0 spiro atoms. The largest absolute Gasteiger partial charge is 0.310 e. The summed E-state index contributed by atoms with van der Waals surface area (Å²) in [6.45, 7) is 3.97. The van der Waals surface area contributed by atoms with Gasteiger partial charge in [0.2, 0.25) is 5.91 Å². The molecule has 1 fully saturated rings. The van der Waals surface area contributed by atoms with Crippen LogP contribution in [0.15, 0.2) is 34.6 Å². The zero-order valence-electron chi connectivity index (χ0n) is 15.4. The van der Waals surface area contributed by atoms with E-state index in [9.17, 15) is 9.59 Å². The molecule has 1 atom stereocenters. The van der Waals surface area contributed by atoms with E-state index in [-0.39, 0.29) is 17.4 Å². The van der Waals surface area contributed by atoms with Crippen LogP contribution in [0.4, 0.5) is 5.82 Å². The summed E-state index contributed by atoms with van der Waals surface area (Å²) in [4.78, 5) is 36.6. The zero-order valence-corrected chi connectivity index (χ0v) is 17.0. The number of aryl methyl sites for hydroxylation is 1.